The smallest absolute Gasteiger partial charge is 0.270 e. The van der Waals surface area contributed by atoms with Crippen molar-refractivity contribution in [3.63, 3.8) is 0 Å². The quantitative estimate of drug-likeness (QED) is 0.615. The van der Waals surface area contributed by atoms with Crippen molar-refractivity contribution >= 4 is 23.2 Å². The average molecular weight is 380 g/mol. The maximum Gasteiger partial charge on any atom is 0.270 e. The Balaban J connectivity index is 1.70. The van der Waals surface area contributed by atoms with E-state index in [0.29, 0.717) is 12.1 Å². The number of likely N-dealkylation sites (tertiary alicyclic amines) is 1. The summed E-state index contributed by atoms with van der Waals surface area (Å²) in [6, 6.07) is 3.99. The molecular weight excluding hydrogens is 354 g/mol. The van der Waals surface area contributed by atoms with E-state index in [0.717, 1.165) is 25.9 Å². The Morgan fingerprint density at radius 2 is 1.81 bits per heavy atom. The number of non-ortho nitro benzene ring substituents is 1. The van der Waals surface area contributed by atoms with Crippen molar-refractivity contribution in [1.82, 2.24) is 10.2 Å². The van der Waals surface area contributed by atoms with E-state index in [9.17, 15) is 14.9 Å². The number of rotatable bonds is 5. The van der Waals surface area contributed by atoms with Crippen molar-refractivity contribution in [2.24, 2.45) is 0 Å². The van der Waals surface area contributed by atoms with Crippen molar-refractivity contribution in [1.29, 1.82) is 0 Å². The lowest BCUT2D eigenvalue weighted by molar-refractivity contribution is -0.384. The van der Waals surface area contributed by atoms with Crippen LogP contribution in [0, 0.1) is 10.1 Å². The van der Waals surface area contributed by atoms with Gasteiger partial charge >= 0.3 is 0 Å². The van der Waals surface area contributed by atoms with E-state index >= 15 is 0 Å². The molecule has 7 heteroatoms. The van der Waals surface area contributed by atoms with Crippen molar-refractivity contribution in [2.45, 2.75) is 56.9 Å². The SMILES string of the molecule is O=C(NCC1(N2CCCCC2)CCCCC1)c1ccc([N+](=O)[O-])cc1Cl. The summed E-state index contributed by atoms with van der Waals surface area (Å²) in [7, 11) is 0. The van der Waals surface area contributed by atoms with Crippen molar-refractivity contribution in [3.05, 3.63) is 38.9 Å². The van der Waals surface area contributed by atoms with Crippen LogP contribution in [0.2, 0.25) is 5.02 Å². The first-order valence-corrected chi connectivity index (χ1v) is 9.87. The van der Waals surface area contributed by atoms with E-state index in [4.69, 9.17) is 11.6 Å². The summed E-state index contributed by atoms with van der Waals surface area (Å²) in [6.45, 7) is 2.82. The summed E-state index contributed by atoms with van der Waals surface area (Å²) in [6.07, 6.45) is 9.63. The van der Waals surface area contributed by atoms with Gasteiger partial charge in [0, 0.05) is 24.2 Å². The van der Waals surface area contributed by atoms with Crippen LogP contribution in [0.4, 0.5) is 5.69 Å². The number of nitro benzene ring substituents is 1. The molecule has 3 rings (SSSR count). The van der Waals surface area contributed by atoms with Gasteiger partial charge in [0.15, 0.2) is 0 Å². The van der Waals surface area contributed by atoms with E-state index in [1.165, 1.54) is 56.7 Å². The van der Waals surface area contributed by atoms with E-state index < -0.39 is 4.92 Å². The molecule has 26 heavy (non-hydrogen) atoms. The first-order valence-electron chi connectivity index (χ1n) is 9.49. The molecule has 1 aromatic carbocycles. The molecule has 0 atom stereocenters. The molecule has 1 aliphatic carbocycles. The lowest BCUT2D eigenvalue weighted by atomic mass is 9.79. The van der Waals surface area contributed by atoms with Crippen LogP contribution in [-0.2, 0) is 0 Å². The van der Waals surface area contributed by atoms with Gasteiger partial charge in [-0.2, -0.15) is 0 Å². The molecule has 1 heterocycles. The van der Waals surface area contributed by atoms with Crippen LogP contribution in [0.25, 0.3) is 0 Å². The van der Waals surface area contributed by atoms with Crippen LogP contribution in [0.15, 0.2) is 18.2 Å². The number of halogens is 1. The lowest BCUT2D eigenvalue weighted by Crippen LogP contribution is -2.58. The Bertz CT molecular complexity index is 668. The number of nitrogens with zero attached hydrogens (tertiary/aromatic N) is 2. The second-order valence-electron chi connectivity index (χ2n) is 7.44. The molecule has 0 unspecified atom stereocenters. The third-order valence-electron chi connectivity index (χ3n) is 5.80. The number of benzene rings is 1. The van der Waals surface area contributed by atoms with Crippen LogP contribution >= 0.6 is 11.6 Å². The highest BCUT2D eigenvalue weighted by atomic mass is 35.5. The maximum absolute atomic E-state index is 12.6. The second-order valence-corrected chi connectivity index (χ2v) is 7.84. The molecule has 0 spiro atoms. The van der Waals surface area contributed by atoms with E-state index in [-0.39, 0.29) is 22.2 Å². The maximum atomic E-state index is 12.6. The van der Waals surface area contributed by atoms with Gasteiger partial charge in [-0.05, 0) is 44.8 Å². The number of amides is 1. The van der Waals surface area contributed by atoms with Crippen molar-refractivity contribution in [2.75, 3.05) is 19.6 Å². The molecule has 0 aromatic heterocycles. The molecule has 6 nitrogen and oxygen atoms in total. The van der Waals surface area contributed by atoms with Gasteiger partial charge < -0.3 is 5.32 Å². The number of nitro groups is 1. The molecule has 2 aliphatic rings. The molecule has 1 N–H and O–H groups in total. The summed E-state index contributed by atoms with van der Waals surface area (Å²) in [5.74, 6) is -0.258. The molecule has 1 aromatic rings. The minimum Gasteiger partial charge on any atom is -0.350 e. The fourth-order valence-corrected chi connectivity index (χ4v) is 4.59. The monoisotopic (exact) mass is 379 g/mol. The highest BCUT2D eigenvalue weighted by Gasteiger charge is 2.38. The topological polar surface area (TPSA) is 75.5 Å². The number of piperidine rings is 1. The molecule has 1 aliphatic heterocycles. The fourth-order valence-electron chi connectivity index (χ4n) is 4.32. The summed E-state index contributed by atoms with van der Waals surface area (Å²) in [4.78, 5) is 25.5. The van der Waals surface area contributed by atoms with Gasteiger partial charge in [-0.15, -0.1) is 0 Å². The highest BCUT2D eigenvalue weighted by Crippen LogP contribution is 2.35. The Kier molecular flexibility index (Phi) is 6.14. The number of hydrogen-bond acceptors (Lipinski definition) is 4. The Labute approximate surface area is 159 Å². The van der Waals surface area contributed by atoms with Gasteiger partial charge in [0.2, 0.25) is 0 Å². The van der Waals surface area contributed by atoms with Crippen LogP contribution < -0.4 is 5.32 Å². The molecule has 1 saturated carbocycles. The summed E-state index contributed by atoms with van der Waals surface area (Å²) in [5, 5.41) is 14.0. The third-order valence-corrected chi connectivity index (χ3v) is 6.11. The van der Waals surface area contributed by atoms with Crippen LogP contribution in [0.3, 0.4) is 0 Å². The first kappa shape index (κ1) is 19.1. The molecule has 1 amide bonds. The Morgan fingerprint density at radius 3 is 2.42 bits per heavy atom. The third kappa shape index (κ3) is 4.18. The van der Waals surface area contributed by atoms with Crippen LogP contribution in [0.5, 0.6) is 0 Å². The van der Waals surface area contributed by atoms with E-state index in [1.54, 1.807) is 0 Å². The molecular formula is C19H26ClN3O3. The lowest BCUT2D eigenvalue weighted by Gasteiger charge is -2.48. The van der Waals surface area contributed by atoms with Gasteiger partial charge in [-0.25, -0.2) is 0 Å². The summed E-state index contributed by atoms with van der Waals surface area (Å²) >= 11 is 6.10. The van der Waals surface area contributed by atoms with Gasteiger partial charge in [0.25, 0.3) is 11.6 Å². The number of hydrogen-bond donors (Lipinski definition) is 1. The van der Waals surface area contributed by atoms with Gasteiger partial charge in [-0.1, -0.05) is 37.3 Å². The first-order chi connectivity index (χ1) is 12.5. The standard InChI is InChI=1S/C19H26ClN3O3/c20-17-13-15(23(25)26)7-8-16(17)18(24)21-14-19(9-3-1-4-10-19)22-11-5-2-6-12-22/h7-8,13H,1-6,9-12,14H2,(H,21,24). The van der Waals surface area contributed by atoms with Crippen LogP contribution in [0.1, 0.15) is 61.7 Å². The molecule has 0 bridgehead atoms. The number of carbonyl (C=O) groups excluding carboxylic acids is 1. The molecule has 142 valence electrons. The zero-order chi connectivity index (χ0) is 18.6. The Hall–Kier alpha value is -1.66. The summed E-state index contributed by atoms with van der Waals surface area (Å²) < 4.78 is 0. The largest absolute Gasteiger partial charge is 0.350 e. The zero-order valence-corrected chi connectivity index (χ0v) is 15.8. The molecule has 2 fully saturated rings. The van der Waals surface area contributed by atoms with Crippen molar-refractivity contribution < 1.29 is 9.72 Å². The number of carbonyl (C=O) groups is 1. The van der Waals surface area contributed by atoms with E-state index in [2.05, 4.69) is 10.2 Å². The minimum atomic E-state index is -0.513. The average Bonchev–Trinajstić information content (AvgIpc) is 2.67. The predicted molar refractivity (Wildman–Crippen MR) is 102 cm³/mol. The normalized spacial score (nSPS) is 20.5. The van der Waals surface area contributed by atoms with Gasteiger partial charge in [0.1, 0.15) is 0 Å². The van der Waals surface area contributed by atoms with Crippen LogP contribution in [-0.4, -0.2) is 40.9 Å². The summed E-state index contributed by atoms with van der Waals surface area (Å²) in [5.41, 5.74) is 0.229. The van der Waals surface area contributed by atoms with E-state index in [1.807, 2.05) is 0 Å². The highest BCUT2D eigenvalue weighted by molar-refractivity contribution is 6.34. The Morgan fingerprint density at radius 1 is 1.15 bits per heavy atom. The minimum absolute atomic E-state index is 0.0432. The molecule has 1 saturated heterocycles. The second kappa shape index (κ2) is 8.35. The molecule has 0 radical (unpaired) electrons. The van der Waals surface area contributed by atoms with Gasteiger partial charge in [-0.3, -0.25) is 19.8 Å². The fraction of sp³-hybridized carbons (Fsp3) is 0.632. The van der Waals surface area contributed by atoms with Gasteiger partial charge in [0.05, 0.1) is 15.5 Å². The zero-order valence-electron chi connectivity index (χ0n) is 15.0. The van der Waals surface area contributed by atoms with Crippen molar-refractivity contribution in [3.8, 4) is 0 Å². The predicted octanol–water partition coefficient (Wildman–Crippen LogP) is 4.17. The number of nitrogens with one attached hydrogen (secondary N) is 1.